The molecule has 0 spiro atoms. The standard InChI is InChI=1S/C45H61FN8O7S/c1-9-53-36-16-15-30-23-32(36)33(41(53)31-13-12-17-47-39(31)29(4)59-8)25-45(5,6)27-61-38(55)14-10-11-18-54(50-46)43(57)34(24-37-48-35(30)26-62-37)49-42(56)40(28(2)3)51(7)44(58)52-19-21-60-22-20-52/h12-13,15-17,23,26,28-29,34,40,50H,9-11,14,18-22,24-25,27H2,1-8H3,(H,49,56)/t29-,34-,40?/m0/s1. The zero-order chi connectivity index (χ0) is 44.7. The number of likely N-dealkylation sites (N-methyl/N-ethyl adjacent to an activating group) is 1. The third-order valence-electron chi connectivity index (χ3n) is 11.7. The van der Waals surface area contributed by atoms with E-state index < -0.39 is 29.3 Å². The van der Waals surface area contributed by atoms with E-state index in [0.717, 1.165) is 44.0 Å². The number of urea groups is 1. The van der Waals surface area contributed by atoms with Crippen LogP contribution in [0.25, 0.3) is 33.4 Å². The van der Waals surface area contributed by atoms with Gasteiger partial charge in [-0.1, -0.05) is 39.4 Å². The molecule has 0 radical (unpaired) electrons. The van der Waals surface area contributed by atoms with Gasteiger partial charge in [0.15, 0.2) is 0 Å². The molecule has 4 amide bonds. The number of halogens is 1. The number of hydrogen-bond donors (Lipinski definition) is 2. The number of morpholine rings is 1. The molecule has 62 heavy (non-hydrogen) atoms. The Hall–Kier alpha value is -4.97. The molecule has 3 aromatic heterocycles. The van der Waals surface area contributed by atoms with Crippen LogP contribution in [0.2, 0.25) is 0 Å². The van der Waals surface area contributed by atoms with Gasteiger partial charge in [0, 0.05) is 92.2 Å². The summed E-state index contributed by atoms with van der Waals surface area (Å²) in [6.45, 7) is 14.3. The molecular formula is C45H61FN8O7S. The molecule has 4 bridgehead atoms. The molecule has 336 valence electrons. The third-order valence-corrected chi connectivity index (χ3v) is 12.6. The highest BCUT2D eigenvalue weighted by molar-refractivity contribution is 7.10. The Kier molecular flexibility index (Phi) is 15.4. The number of hydrogen-bond acceptors (Lipinski definition) is 11. The summed E-state index contributed by atoms with van der Waals surface area (Å²) in [5.41, 5.74) is 7.45. The summed E-state index contributed by atoms with van der Waals surface area (Å²) < 4.78 is 33.8. The summed E-state index contributed by atoms with van der Waals surface area (Å²) in [6, 6.07) is 7.75. The number of aryl methyl sites for hydroxylation is 1. The topological polar surface area (TPSA) is 160 Å². The van der Waals surface area contributed by atoms with Gasteiger partial charge in [0.2, 0.25) is 5.91 Å². The summed E-state index contributed by atoms with van der Waals surface area (Å²) in [5.74, 6) is -1.99. The second kappa shape index (κ2) is 20.5. The number of benzene rings is 1. The van der Waals surface area contributed by atoms with Crippen LogP contribution >= 0.6 is 11.3 Å². The number of fused-ring (bicyclic) bond motifs is 4. The van der Waals surface area contributed by atoms with Crippen molar-refractivity contribution in [3.05, 3.63) is 58.2 Å². The Balaban J connectivity index is 1.41. The number of methoxy groups -OCH3 is 1. The molecule has 1 unspecified atom stereocenters. The lowest BCUT2D eigenvalue weighted by molar-refractivity contribution is -0.147. The first kappa shape index (κ1) is 46.5. The summed E-state index contributed by atoms with van der Waals surface area (Å²) in [5, 5.41) is 7.17. The van der Waals surface area contributed by atoms with E-state index in [4.69, 9.17) is 24.2 Å². The summed E-state index contributed by atoms with van der Waals surface area (Å²) in [4.78, 5) is 67.8. The number of cyclic esters (lactones) is 1. The van der Waals surface area contributed by atoms with Crippen LogP contribution in [-0.2, 0) is 48.0 Å². The first-order valence-electron chi connectivity index (χ1n) is 21.5. The number of aromatic nitrogens is 3. The second-order valence-corrected chi connectivity index (χ2v) is 18.2. The fraction of sp³-hybridized carbons (Fsp3) is 0.556. The van der Waals surface area contributed by atoms with Crippen LogP contribution in [0.15, 0.2) is 41.9 Å². The van der Waals surface area contributed by atoms with Gasteiger partial charge in [0.1, 0.15) is 12.1 Å². The van der Waals surface area contributed by atoms with Crippen molar-refractivity contribution in [2.75, 3.05) is 53.6 Å². The number of pyridine rings is 1. The van der Waals surface area contributed by atoms with Gasteiger partial charge in [-0.3, -0.25) is 19.4 Å². The van der Waals surface area contributed by atoms with Crippen LogP contribution in [0.5, 0.6) is 0 Å². The summed E-state index contributed by atoms with van der Waals surface area (Å²) in [7, 11) is 3.24. The maximum Gasteiger partial charge on any atom is 0.320 e. The van der Waals surface area contributed by atoms with E-state index in [-0.39, 0.29) is 56.4 Å². The molecule has 17 heteroatoms. The highest BCUT2D eigenvalue weighted by atomic mass is 32.1. The Morgan fingerprint density at radius 2 is 1.87 bits per heavy atom. The van der Waals surface area contributed by atoms with Crippen molar-refractivity contribution in [2.24, 2.45) is 11.3 Å². The Morgan fingerprint density at radius 3 is 2.56 bits per heavy atom. The molecule has 4 aromatic rings. The minimum absolute atomic E-state index is 0.0365. The lowest BCUT2D eigenvalue weighted by Gasteiger charge is -2.36. The van der Waals surface area contributed by atoms with Crippen molar-refractivity contribution in [1.82, 2.24) is 40.3 Å². The Morgan fingerprint density at radius 1 is 1.11 bits per heavy atom. The number of carbonyl (C=O) groups is 4. The quantitative estimate of drug-likeness (QED) is 0.140. The van der Waals surface area contributed by atoms with Crippen LogP contribution in [0.4, 0.5) is 9.28 Å². The minimum Gasteiger partial charge on any atom is -0.465 e. The molecule has 3 atom stereocenters. The van der Waals surface area contributed by atoms with E-state index in [1.165, 1.54) is 21.9 Å². The molecule has 2 aliphatic heterocycles. The first-order valence-corrected chi connectivity index (χ1v) is 22.4. The molecule has 5 heterocycles. The number of thiazole rings is 1. The smallest absolute Gasteiger partial charge is 0.320 e. The molecule has 1 aromatic carbocycles. The van der Waals surface area contributed by atoms with Crippen LogP contribution < -0.4 is 11.0 Å². The van der Waals surface area contributed by atoms with Crippen molar-refractivity contribution in [3.63, 3.8) is 0 Å². The summed E-state index contributed by atoms with van der Waals surface area (Å²) in [6.07, 6.45) is 2.73. The van der Waals surface area contributed by atoms with Crippen LogP contribution in [0.1, 0.15) is 83.2 Å². The van der Waals surface area contributed by atoms with Gasteiger partial charge in [-0.25, -0.2) is 14.8 Å². The average Bonchev–Trinajstić information content (AvgIpc) is 3.86. The number of nitrogens with one attached hydrogen (secondary N) is 2. The number of amides is 4. The van der Waals surface area contributed by atoms with E-state index in [2.05, 4.69) is 48.9 Å². The molecule has 1 fully saturated rings. The highest BCUT2D eigenvalue weighted by Crippen LogP contribution is 2.42. The molecule has 2 aliphatic rings. The van der Waals surface area contributed by atoms with Gasteiger partial charge in [-0.15, -0.1) is 15.8 Å². The average molecular weight is 877 g/mol. The van der Waals surface area contributed by atoms with Crippen molar-refractivity contribution >= 4 is 46.1 Å². The molecule has 0 saturated carbocycles. The molecule has 2 N–H and O–H groups in total. The van der Waals surface area contributed by atoms with E-state index in [0.29, 0.717) is 56.4 Å². The van der Waals surface area contributed by atoms with Crippen LogP contribution in [-0.4, -0.2) is 119 Å². The number of rotatable bonds is 9. The fourth-order valence-corrected chi connectivity index (χ4v) is 9.29. The minimum atomic E-state index is -1.24. The van der Waals surface area contributed by atoms with Gasteiger partial charge in [0.25, 0.3) is 5.91 Å². The zero-order valence-electron chi connectivity index (χ0n) is 37.2. The molecule has 0 aliphatic carbocycles. The van der Waals surface area contributed by atoms with Gasteiger partial charge in [-0.05, 0) is 68.9 Å². The summed E-state index contributed by atoms with van der Waals surface area (Å²) >= 11 is 1.34. The molecular weight excluding hydrogens is 816 g/mol. The lowest BCUT2D eigenvalue weighted by Crippen LogP contribution is -2.59. The predicted molar refractivity (Wildman–Crippen MR) is 235 cm³/mol. The van der Waals surface area contributed by atoms with Gasteiger partial charge in [0.05, 0.1) is 48.0 Å². The number of carbonyl (C=O) groups excluding carboxylic acids is 4. The van der Waals surface area contributed by atoms with Gasteiger partial charge in [-0.2, -0.15) is 0 Å². The maximum atomic E-state index is 14.5. The van der Waals surface area contributed by atoms with Gasteiger partial charge < -0.3 is 33.9 Å². The molecule has 1 saturated heterocycles. The second-order valence-electron chi connectivity index (χ2n) is 17.2. The lowest BCUT2D eigenvalue weighted by atomic mass is 9.84. The zero-order valence-corrected chi connectivity index (χ0v) is 38.0. The van der Waals surface area contributed by atoms with E-state index >= 15 is 0 Å². The molecule has 15 nitrogen and oxygen atoms in total. The van der Waals surface area contributed by atoms with Crippen molar-refractivity contribution in [2.45, 2.75) is 98.4 Å². The van der Waals surface area contributed by atoms with Gasteiger partial charge >= 0.3 is 12.0 Å². The van der Waals surface area contributed by atoms with Crippen LogP contribution in [0, 0.1) is 11.3 Å². The monoisotopic (exact) mass is 876 g/mol. The number of hydrazine groups is 1. The number of ether oxygens (including phenoxy) is 3. The normalized spacial score (nSPS) is 19.0. The SMILES string of the molecule is CCn1c(-c2cccnc2[C@H](C)OC)c2c3cc(ccc31)-c1csc(n1)C[C@H](NC(=O)C(C(C)C)N(C)C(=O)N1CCOCC1)C(=O)N(NF)CCCCC(=O)OCC(C)(C)C2. The number of esters is 1. The van der Waals surface area contributed by atoms with E-state index in [1.54, 1.807) is 25.3 Å². The van der Waals surface area contributed by atoms with E-state index in [1.807, 2.05) is 38.3 Å². The first-order chi connectivity index (χ1) is 29.7. The van der Waals surface area contributed by atoms with Crippen molar-refractivity contribution in [1.29, 1.82) is 0 Å². The predicted octanol–water partition coefficient (Wildman–Crippen LogP) is 6.50. The fourth-order valence-electron chi connectivity index (χ4n) is 8.44. The van der Waals surface area contributed by atoms with Crippen LogP contribution in [0.3, 0.4) is 0 Å². The highest BCUT2D eigenvalue weighted by Gasteiger charge is 2.37. The van der Waals surface area contributed by atoms with Crippen molar-refractivity contribution in [3.8, 4) is 22.5 Å². The largest absolute Gasteiger partial charge is 0.465 e. The van der Waals surface area contributed by atoms with Crippen molar-refractivity contribution < 1.29 is 37.9 Å². The maximum absolute atomic E-state index is 14.5. The number of nitrogens with zero attached hydrogens (tertiary/aromatic N) is 6. The van der Waals surface area contributed by atoms with E-state index in [9.17, 15) is 23.7 Å². The molecule has 6 rings (SSSR count). The third kappa shape index (κ3) is 10.4. The Labute approximate surface area is 367 Å². The Bertz CT molecular complexity index is 2220.